The Bertz CT molecular complexity index is 555. The lowest BCUT2D eigenvalue weighted by molar-refractivity contribution is -0.123. The monoisotopic (exact) mass is 317 g/mol. The van der Waals surface area contributed by atoms with Crippen LogP contribution in [0.15, 0.2) is 35.5 Å². The minimum absolute atomic E-state index is 0.0447. The maximum Gasteiger partial charge on any atom is 0.271 e. The van der Waals surface area contributed by atoms with Crippen molar-refractivity contribution in [2.24, 2.45) is 5.16 Å². The maximum absolute atomic E-state index is 12.5. The van der Waals surface area contributed by atoms with Crippen molar-refractivity contribution in [3.63, 3.8) is 0 Å². The molecule has 1 unspecified atom stereocenters. The highest BCUT2D eigenvalue weighted by atomic mass is 16.6. The van der Waals surface area contributed by atoms with E-state index in [4.69, 9.17) is 9.57 Å². The molecule has 0 spiro atoms. The van der Waals surface area contributed by atoms with E-state index in [1.165, 1.54) is 0 Å². The molecule has 1 aromatic rings. The summed E-state index contributed by atoms with van der Waals surface area (Å²) in [5.41, 5.74) is 1.55. The summed E-state index contributed by atoms with van der Waals surface area (Å²) in [4.78, 5) is 21.9. The van der Waals surface area contributed by atoms with Gasteiger partial charge in [0.1, 0.15) is 5.71 Å². The quantitative estimate of drug-likeness (QED) is 0.821. The zero-order chi connectivity index (χ0) is 16.1. The highest BCUT2D eigenvalue weighted by Crippen LogP contribution is 2.27. The van der Waals surface area contributed by atoms with Crippen LogP contribution in [0.2, 0.25) is 0 Å². The van der Waals surface area contributed by atoms with E-state index in [9.17, 15) is 4.79 Å². The molecule has 23 heavy (non-hydrogen) atoms. The lowest BCUT2D eigenvalue weighted by Crippen LogP contribution is -2.43. The van der Waals surface area contributed by atoms with Gasteiger partial charge >= 0.3 is 0 Å². The summed E-state index contributed by atoms with van der Waals surface area (Å²) in [6.45, 7) is 4.97. The first kappa shape index (κ1) is 16.0. The van der Waals surface area contributed by atoms with Gasteiger partial charge in [-0.15, -0.1) is 0 Å². The molecule has 2 aliphatic rings. The Labute approximate surface area is 136 Å². The van der Waals surface area contributed by atoms with Crippen LogP contribution < -0.4 is 0 Å². The summed E-state index contributed by atoms with van der Waals surface area (Å²) in [5, 5.41) is 4.00. The van der Waals surface area contributed by atoms with Crippen LogP contribution in [0, 0.1) is 0 Å². The van der Waals surface area contributed by atoms with E-state index in [1.807, 2.05) is 37.4 Å². The fourth-order valence-electron chi connectivity index (χ4n) is 2.79. The van der Waals surface area contributed by atoms with Crippen LogP contribution >= 0.6 is 0 Å². The Balaban J connectivity index is 1.48. The number of hydrogen-bond donors (Lipinski definition) is 0. The van der Waals surface area contributed by atoms with E-state index < -0.39 is 0 Å². The third kappa shape index (κ3) is 4.09. The molecule has 124 valence electrons. The van der Waals surface area contributed by atoms with Gasteiger partial charge in [-0.1, -0.05) is 35.5 Å². The molecule has 0 saturated carbocycles. The molecule has 0 N–H and O–H groups in total. The molecule has 1 fully saturated rings. The van der Waals surface area contributed by atoms with Crippen molar-refractivity contribution in [1.82, 2.24) is 9.80 Å². The molecular formula is C17H23N3O3. The van der Waals surface area contributed by atoms with Crippen LogP contribution in [0.1, 0.15) is 18.1 Å². The van der Waals surface area contributed by atoms with Gasteiger partial charge < -0.3 is 14.5 Å². The predicted octanol–water partition coefficient (Wildman–Crippen LogP) is 1.29. The molecule has 1 saturated heterocycles. The van der Waals surface area contributed by atoms with Gasteiger partial charge in [-0.2, -0.15) is 0 Å². The molecule has 1 atom stereocenters. The number of oxime groups is 1. The van der Waals surface area contributed by atoms with Crippen molar-refractivity contribution in [3.05, 3.63) is 35.9 Å². The minimum atomic E-state index is -0.150. The fraction of sp³-hybridized carbons (Fsp3) is 0.529. The number of benzene rings is 1. The van der Waals surface area contributed by atoms with Crippen molar-refractivity contribution in [2.45, 2.75) is 12.5 Å². The Hall–Kier alpha value is -1.92. The normalized spacial score (nSPS) is 21.6. The van der Waals surface area contributed by atoms with Crippen LogP contribution in [0.5, 0.6) is 0 Å². The average molecular weight is 317 g/mol. The lowest BCUT2D eigenvalue weighted by Gasteiger charge is -2.28. The van der Waals surface area contributed by atoms with Gasteiger partial charge in [-0.25, -0.2) is 0 Å². The standard InChI is InChI=1S/C17H23N3O3/c1-19(7-8-20-9-11-22-12-10-20)17(21)15-13-16(23-18-15)14-5-3-2-4-6-14/h2-6,16H,7-13H2,1H3. The molecule has 6 heteroatoms. The zero-order valence-corrected chi connectivity index (χ0v) is 13.5. The van der Waals surface area contributed by atoms with E-state index in [0.29, 0.717) is 18.7 Å². The molecule has 1 aromatic carbocycles. The highest BCUT2D eigenvalue weighted by Gasteiger charge is 2.29. The largest absolute Gasteiger partial charge is 0.387 e. The van der Waals surface area contributed by atoms with E-state index in [-0.39, 0.29) is 12.0 Å². The molecule has 1 amide bonds. The van der Waals surface area contributed by atoms with Crippen molar-refractivity contribution in [1.29, 1.82) is 0 Å². The van der Waals surface area contributed by atoms with Gasteiger partial charge in [-0.05, 0) is 5.56 Å². The van der Waals surface area contributed by atoms with Gasteiger partial charge in [0.2, 0.25) is 0 Å². The van der Waals surface area contributed by atoms with Crippen molar-refractivity contribution < 1.29 is 14.4 Å². The Morgan fingerprint density at radius 1 is 1.30 bits per heavy atom. The van der Waals surface area contributed by atoms with Crippen LogP contribution in [0.4, 0.5) is 0 Å². The zero-order valence-electron chi connectivity index (χ0n) is 13.5. The molecule has 0 aromatic heterocycles. The van der Waals surface area contributed by atoms with E-state index in [0.717, 1.165) is 38.4 Å². The van der Waals surface area contributed by atoms with Gasteiger partial charge in [-0.3, -0.25) is 9.69 Å². The van der Waals surface area contributed by atoms with Crippen molar-refractivity contribution >= 4 is 11.6 Å². The number of nitrogens with zero attached hydrogens (tertiary/aromatic N) is 3. The molecule has 0 aliphatic carbocycles. The van der Waals surface area contributed by atoms with Gasteiger partial charge in [0.25, 0.3) is 5.91 Å². The second kappa shape index (κ2) is 7.57. The number of rotatable bonds is 5. The first-order chi connectivity index (χ1) is 11.2. The summed E-state index contributed by atoms with van der Waals surface area (Å²) in [7, 11) is 1.82. The number of hydrogen-bond acceptors (Lipinski definition) is 5. The number of morpholine rings is 1. The summed E-state index contributed by atoms with van der Waals surface area (Å²) in [5.74, 6) is -0.0447. The summed E-state index contributed by atoms with van der Waals surface area (Å²) in [6, 6.07) is 9.89. The second-order valence-corrected chi connectivity index (χ2v) is 5.93. The maximum atomic E-state index is 12.5. The molecule has 2 aliphatic heterocycles. The van der Waals surface area contributed by atoms with E-state index in [1.54, 1.807) is 4.90 Å². The van der Waals surface area contributed by atoms with Crippen molar-refractivity contribution in [3.8, 4) is 0 Å². The molecule has 6 nitrogen and oxygen atoms in total. The molecule has 0 bridgehead atoms. The molecule has 3 rings (SSSR count). The Morgan fingerprint density at radius 3 is 2.78 bits per heavy atom. The third-order valence-electron chi connectivity index (χ3n) is 4.29. The number of carbonyl (C=O) groups is 1. The van der Waals surface area contributed by atoms with Crippen LogP contribution in [0.25, 0.3) is 0 Å². The van der Waals surface area contributed by atoms with E-state index >= 15 is 0 Å². The summed E-state index contributed by atoms with van der Waals surface area (Å²) < 4.78 is 5.33. The molecule has 0 radical (unpaired) electrons. The van der Waals surface area contributed by atoms with Crippen LogP contribution in [-0.2, 0) is 14.4 Å². The summed E-state index contributed by atoms with van der Waals surface area (Å²) >= 11 is 0. The van der Waals surface area contributed by atoms with E-state index in [2.05, 4.69) is 10.1 Å². The number of likely N-dealkylation sites (N-methyl/N-ethyl adjacent to an activating group) is 1. The average Bonchev–Trinajstić information content (AvgIpc) is 3.11. The Kier molecular flexibility index (Phi) is 5.25. The first-order valence-corrected chi connectivity index (χ1v) is 8.07. The first-order valence-electron chi connectivity index (χ1n) is 8.07. The number of ether oxygens (including phenoxy) is 1. The topological polar surface area (TPSA) is 54.4 Å². The smallest absolute Gasteiger partial charge is 0.271 e. The second-order valence-electron chi connectivity index (χ2n) is 5.93. The SMILES string of the molecule is CN(CCN1CCOCC1)C(=O)C1=NOC(c2ccccc2)C1. The third-order valence-corrected chi connectivity index (χ3v) is 4.29. The number of amides is 1. The summed E-state index contributed by atoms with van der Waals surface area (Å²) in [6.07, 6.45) is 0.382. The van der Waals surface area contributed by atoms with Gasteiger partial charge in [0.05, 0.1) is 13.2 Å². The van der Waals surface area contributed by atoms with Gasteiger partial charge in [0.15, 0.2) is 6.10 Å². The predicted molar refractivity (Wildman–Crippen MR) is 87.2 cm³/mol. The van der Waals surface area contributed by atoms with Crippen LogP contribution in [0.3, 0.4) is 0 Å². The van der Waals surface area contributed by atoms with Crippen LogP contribution in [-0.4, -0.2) is 67.9 Å². The lowest BCUT2D eigenvalue weighted by atomic mass is 10.0. The fourth-order valence-corrected chi connectivity index (χ4v) is 2.79. The molecule has 2 heterocycles. The molecular weight excluding hydrogens is 294 g/mol. The minimum Gasteiger partial charge on any atom is -0.387 e. The van der Waals surface area contributed by atoms with Gasteiger partial charge in [0, 0.05) is 39.6 Å². The number of carbonyl (C=O) groups excluding carboxylic acids is 1. The Morgan fingerprint density at radius 2 is 2.04 bits per heavy atom. The van der Waals surface area contributed by atoms with Crippen molar-refractivity contribution in [2.75, 3.05) is 46.4 Å². The highest BCUT2D eigenvalue weighted by molar-refractivity contribution is 6.39.